The van der Waals surface area contributed by atoms with E-state index >= 15 is 0 Å². The smallest absolute Gasteiger partial charge is 0.356 e. The van der Waals surface area contributed by atoms with Crippen molar-refractivity contribution < 1.29 is 17.9 Å². The molecular formula is C10H15N3O4S. The summed E-state index contributed by atoms with van der Waals surface area (Å²) in [4.78, 5) is 15.2. The van der Waals surface area contributed by atoms with Crippen LogP contribution in [0, 0.1) is 0 Å². The maximum absolute atomic E-state index is 11.4. The van der Waals surface area contributed by atoms with E-state index < -0.39 is 16.0 Å². The van der Waals surface area contributed by atoms with Crippen LogP contribution in [0.4, 0.5) is 0 Å². The van der Waals surface area contributed by atoms with Crippen LogP contribution in [0.15, 0.2) is 24.5 Å². The molecule has 0 atom stereocenters. The third kappa shape index (κ3) is 3.17. The second-order valence-electron chi connectivity index (χ2n) is 3.50. The number of sulfonamides is 1. The quantitative estimate of drug-likeness (QED) is 0.685. The first-order valence-corrected chi connectivity index (χ1v) is 6.60. The van der Waals surface area contributed by atoms with E-state index in [1.165, 1.54) is 31.2 Å². The Morgan fingerprint density at radius 3 is 2.89 bits per heavy atom. The lowest BCUT2D eigenvalue weighted by Gasteiger charge is -2.15. The molecule has 0 aliphatic rings. The predicted octanol–water partition coefficient (Wildman–Crippen LogP) is 0.0748. The van der Waals surface area contributed by atoms with Crippen LogP contribution in [0.1, 0.15) is 10.5 Å². The highest BCUT2D eigenvalue weighted by Gasteiger charge is 2.15. The molecule has 0 unspecified atom stereocenters. The summed E-state index contributed by atoms with van der Waals surface area (Å²) in [6.07, 6.45) is 2.81. The van der Waals surface area contributed by atoms with Gasteiger partial charge in [-0.15, -0.1) is 0 Å². The molecule has 1 heterocycles. The second kappa shape index (κ2) is 5.78. The lowest BCUT2D eigenvalue weighted by atomic mass is 10.4. The standard InChI is InChI=1S/C10H15N3O4S/c1-4-18(15,16)12(2)5-6-13-8-11-7-9(13)10(14)17-3/h4,7-8H,1,5-6H2,2-3H3. The van der Waals surface area contributed by atoms with Crippen LogP contribution in [0.25, 0.3) is 0 Å². The first-order chi connectivity index (χ1) is 8.42. The minimum absolute atomic E-state index is 0.203. The van der Waals surface area contributed by atoms with Gasteiger partial charge in [0.15, 0.2) is 0 Å². The molecule has 0 bridgehead atoms. The van der Waals surface area contributed by atoms with E-state index in [0.717, 1.165) is 9.71 Å². The topological polar surface area (TPSA) is 81.5 Å². The van der Waals surface area contributed by atoms with Crippen LogP contribution in [-0.2, 0) is 21.3 Å². The van der Waals surface area contributed by atoms with Crippen LogP contribution in [-0.4, -0.2) is 48.9 Å². The van der Waals surface area contributed by atoms with Gasteiger partial charge in [0.05, 0.1) is 19.6 Å². The van der Waals surface area contributed by atoms with E-state index in [-0.39, 0.29) is 12.2 Å². The molecule has 0 spiro atoms. The molecule has 0 radical (unpaired) electrons. The highest BCUT2D eigenvalue weighted by atomic mass is 32.2. The first kappa shape index (κ1) is 14.4. The van der Waals surface area contributed by atoms with Crippen LogP contribution < -0.4 is 0 Å². The van der Waals surface area contributed by atoms with E-state index in [1.807, 2.05) is 0 Å². The van der Waals surface area contributed by atoms with Crippen molar-refractivity contribution in [1.82, 2.24) is 13.9 Å². The zero-order valence-electron chi connectivity index (χ0n) is 10.2. The van der Waals surface area contributed by atoms with Gasteiger partial charge in [-0.1, -0.05) is 6.58 Å². The van der Waals surface area contributed by atoms with Crippen LogP contribution in [0.3, 0.4) is 0 Å². The Labute approximate surface area is 106 Å². The Morgan fingerprint density at radius 2 is 2.33 bits per heavy atom. The summed E-state index contributed by atoms with van der Waals surface area (Å²) >= 11 is 0. The highest BCUT2D eigenvalue weighted by Crippen LogP contribution is 2.04. The number of ether oxygens (including phenoxy) is 1. The van der Waals surface area contributed by atoms with Gasteiger partial charge in [-0.05, 0) is 0 Å². The number of nitrogens with zero attached hydrogens (tertiary/aromatic N) is 3. The number of imidazole rings is 1. The van der Waals surface area contributed by atoms with Crippen LogP contribution in [0.5, 0.6) is 0 Å². The molecule has 0 N–H and O–H groups in total. The molecule has 0 aliphatic heterocycles. The predicted molar refractivity (Wildman–Crippen MR) is 65.3 cm³/mol. The lowest BCUT2D eigenvalue weighted by Crippen LogP contribution is -2.29. The average molecular weight is 273 g/mol. The summed E-state index contributed by atoms with van der Waals surface area (Å²) in [7, 11) is -0.735. The molecule has 0 saturated carbocycles. The van der Waals surface area contributed by atoms with Gasteiger partial charge >= 0.3 is 5.97 Å². The molecule has 0 saturated heterocycles. The molecule has 0 amide bonds. The van der Waals surface area contributed by atoms with E-state index in [9.17, 15) is 13.2 Å². The number of carbonyl (C=O) groups excluding carboxylic acids is 1. The molecule has 1 aromatic rings. The van der Waals surface area contributed by atoms with Gasteiger partial charge < -0.3 is 9.30 Å². The Kier molecular flexibility index (Phi) is 4.62. The zero-order valence-corrected chi connectivity index (χ0v) is 11.1. The van der Waals surface area contributed by atoms with Gasteiger partial charge in [-0.2, -0.15) is 4.31 Å². The summed E-state index contributed by atoms with van der Waals surface area (Å²) in [6.45, 7) is 3.74. The number of hydrogen-bond donors (Lipinski definition) is 0. The second-order valence-corrected chi connectivity index (χ2v) is 5.48. The highest BCUT2D eigenvalue weighted by molar-refractivity contribution is 7.91. The summed E-state index contributed by atoms with van der Waals surface area (Å²) in [5.74, 6) is -0.512. The van der Waals surface area contributed by atoms with Gasteiger partial charge in [0.1, 0.15) is 5.69 Å². The number of esters is 1. The molecule has 18 heavy (non-hydrogen) atoms. The molecular weight excluding hydrogens is 258 g/mol. The fourth-order valence-electron chi connectivity index (χ4n) is 1.28. The van der Waals surface area contributed by atoms with Gasteiger partial charge in [0, 0.05) is 25.5 Å². The Bertz CT molecular complexity index is 535. The normalized spacial score (nSPS) is 11.5. The SMILES string of the molecule is C=CS(=O)(=O)N(C)CCn1cncc1C(=O)OC. The van der Waals surface area contributed by atoms with Crippen molar-refractivity contribution in [2.75, 3.05) is 20.7 Å². The molecule has 8 heteroatoms. The van der Waals surface area contributed by atoms with Gasteiger partial charge in [0.2, 0.25) is 10.0 Å². The van der Waals surface area contributed by atoms with Crippen molar-refractivity contribution in [3.63, 3.8) is 0 Å². The third-order valence-electron chi connectivity index (χ3n) is 2.41. The molecule has 0 aromatic carbocycles. The zero-order chi connectivity index (χ0) is 13.8. The number of aromatic nitrogens is 2. The van der Waals surface area contributed by atoms with E-state index in [4.69, 9.17) is 0 Å². The molecule has 7 nitrogen and oxygen atoms in total. The van der Waals surface area contributed by atoms with Crippen molar-refractivity contribution in [3.05, 3.63) is 30.2 Å². The van der Waals surface area contributed by atoms with Gasteiger partial charge in [0.25, 0.3) is 0 Å². The van der Waals surface area contributed by atoms with E-state index in [0.29, 0.717) is 6.54 Å². The number of carbonyl (C=O) groups is 1. The van der Waals surface area contributed by atoms with Crippen molar-refractivity contribution in [1.29, 1.82) is 0 Å². The van der Waals surface area contributed by atoms with Crippen molar-refractivity contribution in [2.45, 2.75) is 6.54 Å². The molecule has 0 aliphatic carbocycles. The molecule has 100 valence electrons. The van der Waals surface area contributed by atoms with Crippen LogP contribution >= 0.6 is 0 Å². The fourth-order valence-corrected chi connectivity index (χ4v) is 1.87. The van der Waals surface area contributed by atoms with E-state index in [1.54, 1.807) is 0 Å². The minimum Gasteiger partial charge on any atom is -0.464 e. The Balaban J connectivity index is 2.73. The molecule has 1 rings (SSSR count). The largest absolute Gasteiger partial charge is 0.464 e. The molecule has 1 aromatic heterocycles. The van der Waals surface area contributed by atoms with Crippen molar-refractivity contribution >= 4 is 16.0 Å². The summed E-state index contributed by atoms with van der Waals surface area (Å²) in [6, 6.07) is 0. The summed E-state index contributed by atoms with van der Waals surface area (Å²) < 4.78 is 30.1. The fraction of sp³-hybridized carbons (Fsp3) is 0.400. The Morgan fingerprint density at radius 1 is 1.67 bits per heavy atom. The first-order valence-electron chi connectivity index (χ1n) is 5.09. The summed E-state index contributed by atoms with van der Waals surface area (Å²) in [5.41, 5.74) is 0.280. The van der Waals surface area contributed by atoms with Gasteiger partial charge in [-0.25, -0.2) is 18.2 Å². The summed E-state index contributed by atoms with van der Waals surface area (Å²) in [5, 5.41) is 0.877. The van der Waals surface area contributed by atoms with E-state index in [2.05, 4.69) is 16.3 Å². The monoisotopic (exact) mass is 273 g/mol. The van der Waals surface area contributed by atoms with Crippen molar-refractivity contribution in [2.24, 2.45) is 0 Å². The maximum atomic E-state index is 11.4. The lowest BCUT2D eigenvalue weighted by molar-refractivity contribution is 0.0588. The van der Waals surface area contributed by atoms with Gasteiger partial charge in [-0.3, -0.25) is 0 Å². The number of likely N-dealkylation sites (N-methyl/N-ethyl adjacent to an activating group) is 1. The number of hydrogen-bond acceptors (Lipinski definition) is 5. The minimum atomic E-state index is -3.44. The van der Waals surface area contributed by atoms with Crippen molar-refractivity contribution in [3.8, 4) is 0 Å². The number of methoxy groups -OCH3 is 1. The number of rotatable bonds is 6. The van der Waals surface area contributed by atoms with Crippen LogP contribution in [0.2, 0.25) is 0 Å². The average Bonchev–Trinajstić information content (AvgIpc) is 2.83. The molecule has 0 fully saturated rings. The maximum Gasteiger partial charge on any atom is 0.356 e. The Hall–Kier alpha value is -1.67. The third-order valence-corrected chi connectivity index (χ3v) is 3.88.